The predicted molar refractivity (Wildman–Crippen MR) is 106 cm³/mol. The largest absolute Gasteiger partial charge is 0.352 e. The van der Waals surface area contributed by atoms with Crippen LogP contribution in [0.15, 0.2) is 20.9 Å². The lowest BCUT2D eigenvalue weighted by atomic mass is 10.3. The zero-order valence-electron chi connectivity index (χ0n) is 12.8. The molecule has 1 fully saturated rings. The number of halogens is 2. The first kappa shape index (κ1) is 19.7. The number of hydrogen-bond acceptors (Lipinski definition) is 3. The van der Waals surface area contributed by atoms with E-state index in [0.717, 1.165) is 36.5 Å². The lowest BCUT2D eigenvalue weighted by Crippen LogP contribution is -2.44. The molecule has 0 aliphatic carbocycles. The highest BCUT2D eigenvalue weighted by Gasteiger charge is 2.25. The van der Waals surface area contributed by atoms with Gasteiger partial charge in [-0.05, 0) is 28.4 Å². The number of guanidine groups is 1. The summed E-state index contributed by atoms with van der Waals surface area (Å²) in [6.45, 7) is 4.25. The van der Waals surface area contributed by atoms with Crippen LogP contribution >= 0.6 is 51.2 Å². The minimum atomic E-state index is 0. The van der Waals surface area contributed by atoms with Crippen LogP contribution in [0.5, 0.6) is 0 Å². The molecule has 2 N–H and O–H groups in total. The summed E-state index contributed by atoms with van der Waals surface area (Å²) in [5.74, 6) is 1.01. The van der Waals surface area contributed by atoms with E-state index in [1.165, 1.54) is 4.88 Å². The van der Waals surface area contributed by atoms with Crippen molar-refractivity contribution in [3.8, 4) is 0 Å². The van der Waals surface area contributed by atoms with E-state index in [2.05, 4.69) is 43.0 Å². The molecular formula is C14H22BrIN4OS. The van der Waals surface area contributed by atoms with Gasteiger partial charge in [0.15, 0.2) is 5.96 Å². The second-order valence-electron chi connectivity index (χ2n) is 4.98. The first-order chi connectivity index (χ1) is 10.1. The third kappa shape index (κ3) is 5.69. The van der Waals surface area contributed by atoms with Gasteiger partial charge in [-0.25, -0.2) is 0 Å². The molecule has 0 aromatic carbocycles. The van der Waals surface area contributed by atoms with E-state index in [0.29, 0.717) is 6.42 Å². The van der Waals surface area contributed by atoms with E-state index in [1.807, 2.05) is 11.8 Å². The van der Waals surface area contributed by atoms with Gasteiger partial charge in [-0.2, -0.15) is 0 Å². The lowest BCUT2D eigenvalue weighted by molar-refractivity contribution is -0.129. The van der Waals surface area contributed by atoms with Gasteiger partial charge in [-0.1, -0.05) is 6.92 Å². The number of carbonyl (C=O) groups excluding carboxylic acids is 1. The van der Waals surface area contributed by atoms with Crippen LogP contribution in [0.3, 0.4) is 0 Å². The highest BCUT2D eigenvalue weighted by Crippen LogP contribution is 2.19. The predicted octanol–water partition coefficient (Wildman–Crippen LogP) is 2.80. The van der Waals surface area contributed by atoms with Crippen LogP contribution in [0.2, 0.25) is 0 Å². The maximum Gasteiger partial charge on any atom is 0.222 e. The Bertz CT molecular complexity index is 523. The van der Waals surface area contributed by atoms with Gasteiger partial charge in [-0.15, -0.1) is 35.3 Å². The number of nitrogens with zero attached hydrogens (tertiary/aromatic N) is 2. The fourth-order valence-corrected chi connectivity index (χ4v) is 3.72. The number of carbonyl (C=O) groups is 1. The number of rotatable bonds is 4. The third-order valence-electron chi connectivity index (χ3n) is 3.46. The molecule has 1 aromatic heterocycles. The number of nitrogens with one attached hydrogen (secondary N) is 2. The van der Waals surface area contributed by atoms with Crippen LogP contribution in [-0.2, 0) is 11.3 Å². The first-order valence-electron chi connectivity index (χ1n) is 7.10. The Morgan fingerprint density at radius 2 is 2.36 bits per heavy atom. The second kappa shape index (κ2) is 9.71. The van der Waals surface area contributed by atoms with Gasteiger partial charge in [0.25, 0.3) is 0 Å². The van der Waals surface area contributed by atoms with Gasteiger partial charge < -0.3 is 15.5 Å². The Hall–Kier alpha value is -0.350. The fraction of sp³-hybridized carbons (Fsp3) is 0.571. The van der Waals surface area contributed by atoms with Crippen LogP contribution in [0.1, 0.15) is 24.6 Å². The van der Waals surface area contributed by atoms with E-state index < -0.39 is 0 Å². The molecule has 5 nitrogen and oxygen atoms in total. The number of likely N-dealkylation sites (tertiary alicyclic amines) is 1. The van der Waals surface area contributed by atoms with Crippen molar-refractivity contribution in [1.82, 2.24) is 15.5 Å². The standard InChI is InChI=1S/C14H21BrN4OS.HI/c1-3-13(20)19-5-4-11(8-19)18-14(16-2)17-7-12-6-10(15)9-21-12;/h6,9,11H,3-5,7-8H2,1-2H3,(H2,16,17,18);1H. The molecule has 1 saturated heterocycles. The van der Waals surface area contributed by atoms with Gasteiger partial charge in [0.1, 0.15) is 0 Å². The van der Waals surface area contributed by atoms with Crippen molar-refractivity contribution in [3.05, 3.63) is 20.8 Å². The summed E-state index contributed by atoms with van der Waals surface area (Å²) in [4.78, 5) is 19.1. The summed E-state index contributed by atoms with van der Waals surface area (Å²) in [6, 6.07) is 2.38. The highest BCUT2D eigenvalue weighted by atomic mass is 127. The molecule has 1 aliphatic rings. The number of thiophene rings is 1. The average molecular weight is 501 g/mol. The Morgan fingerprint density at radius 1 is 1.59 bits per heavy atom. The fourth-order valence-electron chi connectivity index (χ4n) is 2.33. The minimum absolute atomic E-state index is 0. The Kier molecular flexibility index (Phi) is 8.70. The summed E-state index contributed by atoms with van der Waals surface area (Å²) in [7, 11) is 1.77. The maximum absolute atomic E-state index is 11.7. The van der Waals surface area contributed by atoms with E-state index >= 15 is 0 Å². The van der Waals surface area contributed by atoms with Crippen LogP contribution in [0.4, 0.5) is 0 Å². The van der Waals surface area contributed by atoms with Crippen molar-refractivity contribution < 1.29 is 4.79 Å². The van der Waals surface area contributed by atoms with E-state index in [-0.39, 0.29) is 35.9 Å². The number of hydrogen-bond donors (Lipinski definition) is 2. The summed E-state index contributed by atoms with van der Waals surface area (Å²) < 4.78 is 1.11. The molecule has 0 bridgehead atoms. The molecule has 0 spiro atoms. The van der Waals surface area contributed by atoms with E-state index in [9.17, 15) is 4.79 Å². The molecular weight excluding hydrogens is 479 g/mol. The maximum atomic E-state index is 11.7. The topological polar surface area (TPSA) is 56.7 Å². The van der Waals surface area contributed by atoms with Crippen molar-refractivity contribution in [2.24, 2.45) is 4.99 Å². The zero-order chi connectivity index (χ0) is 15.2. The van der Waals surface area contributed by atoms with Crippen molar-refractivity contribution in [2.75, 3.05) is 20.1 Å². The Morgan fingerprint density at radius 3 is 2.95 bits per heavy atom. The van der Waals surface area contributed by atoms with Crippen LogP contribution < -0.4 is 10.6 Å². The van der Waals surface area contributed by atoms with Crippen LogP contribution in [-0.4, -0.2) is 42.9 Å². The summed E-state index contributed by atoms with van der Waals surface area (Å²) in [5.41, 5.74) is 0. The average Bonchev–Trinajstić information content (AvgIpc) is 3.11. The van der Waals surface area contributed by atoms with Crippen molar-refractivity contribution >= 4 is 63.1 Å². The molecule has 8 heteroatoms. The van der Waals surface area contributed by atoms with Gasteiger partial charge >= 0.3 is 0 Å². The van der Waals surface area contributed by atoms with Crippen molar-refractivity contribution in [1.29, 1.82) is 0 Å². The third-order valence-corrected chi connectivity index (χ3v) is 5.16. The minimum Gasteiger partial charge on any atom is -0.352 e. The quantitative estimate of drug-likeness (QED) is 0.379. The first-order valence-corrected chi connectivity index (χ1v) is 8.77. The van der Waals surface area contributed by atoms with E-state index in [1.54, 1.807) is 18.4 Å². The second-order valence-corrected chi connectivity index (χ2v) is 6.89. The van der Waals surface area contributed by atoms with Crippen molar-refractivity contribution in [3.63, 3.8) is 0 Å². The molecule has 22 heavy (non-hydrogen) atoms. The normalized spacial score (nSPS) is 18.0. The molecule has 1 aliphatic heterocycles. The van der Waals surface area contributed by atoms with Crippen molar-refractivity contribution in [2.45, 2.75) is 32.4 Å². The summed E-state index contributed by atoms with van der Waals surface area (Å²) >= 11 is 5.16. The molecule has 124 valence electrons. The lowest BCUT2D eigenvalue weighted by Gasteiger charge is -2.18. The molecule has 1 amide bonds. The zero-order valence-corrected chi connectivity index (χ0v) is 17.5. The Labute approximate surface area is 161 Å². The van der Waals surface area contributed by atoms with Gasteiger partial charge in [0, 0.05) is 47.3 Å². The molecule has 0 radical (unpaired) electrons. The summed E-state index contributed by atoms with van der Waals surface area (Å²) in [6.07, 6.45) is 1.55. The monoisotopic (exact) mass is 500 g/mol. The number of amides is 1. The molecule has 1 unspecified atom stereocenters. The molecule has 1 aromatic rings. The SMILES string of the molecule is CCC(=O)N1CCC(NC(=NC)NCc2cc(Br)cs2)C1.I. The number of aliphatic imine (C=N–C) groups is 1. The molecule has 0 saturated carbocycles. The van der Waals surface area contributed by atoms with E-state index in [4.69, 9.17) is 0 Å². The van der Waals surface area contributed by atoms with Gasteiger partial charge in [0.2, 0.25) is 5.91 Å². The summed E-state index contributed by atoms with van der Waals surface area (Å²) in [5, 5.41) is 8.77. The van der Waals surface area contributed by atoms with Gasteiger partial charge in [-0.3, -0.25) is 9.79 Å². The van der Waals surface area contributed by atoms with Crippen LogP contribution in [0.25, 0.3) is 0 Å². The molecule has 2 heterocycles. The highest BCUT2D eigenvalue weighted by molar-refractivity contribution is 14.0. The Balaban J connectivity index is 0.00000242. The van der Waals surface area contributed by atoms with Gasteiger partial charge in [0.05, 0.1) is 6.54 Å². The molecule has 2 rings (SSSR count). The van der Waals surface area contributed by atoms with Crippen LogP contribution in [0, 0.1) is 0 Å². The smallest absolute Gasteiger partial charge is 0.222 e. The molecule has 1 atom stereocenters.